The second-order valence-corrected chi connectivity index (χ2v) is 5.37. The number of ether oxygens (including phenoxy) is 1. The van der Waals surface area contributed by atoms with Crippen LogP contribution in [0.1, 0.15) is 25.5 Å². The van der Waals surface area contributed by atoms with Crippen molar-refractivity contribution in [3.63, 3.8) is 0 Å². The molecule has 0 saturated carbocycles. The molecule has 0 spiro atoms. The van der Waals surface area contributed by atoms with Crippen molar-refractivity contribution in [2.45, 2.75) is 26.0 Å². The normalized spacial score (nSPS) is 31.1. The van der Waals surface area contributed by atoms with Crippen LogP contribution in [-0.2, 0) is 4.74 Å². The Morgan fingerprint density at radius 2 is 2.06 bits per heavy atom. The lowest BCUT2D eigenvalue weighted by molar-refractivity contribution is 0.0492. The quantitative estimate of drug-likeness (QED) is 0.855. The number of hydrogen-bond acceptors (Lipinski definition) is 2. The average molecular weight is 284 g/mol. The molecule has 16 heavy (non-hydrogen) atoms. The maximum absolute atomic E-state index is 5.96. The van der Waals surface area contributed by atoms with Crippen molar-refractivity contribution in [1.82, 2.24) is 5.32 Å². The van der Waals surface area contributed by atoms with Gasteiger partial charge in [0.1, 0.15) is 0 Å². The highest BCUT2D eigenvalue weighted by atomic mass is 79.9. The molecule has 1 fully saturated rings. The van der Waals surface area contributed by atoms with Crippen LogP contribution in [0.2, 0.25) is 0 Å². The van der Waals surface area contributed by atoms with E-state index in [0.29, 0.717) is 12.0 Å². The Kier molecular flexibility index (Phi) is 4.00. The van der Waals surface area contributed by atoms with Crippen molar-refractivity contribution < 1.29 is 4.74 Å². The van der Waals surface area contributed by atoms with Gasteiger partial charge < -0.3 is 10.1 Å². The van der Waals surface area contributed by atoms with Crippen molar-refractivity contribution in [3.8, 4) is 0 Å². The topological polar surface area (TPSA) is 21.3 Å². The number of halogens is 1. The molecule has 1 aromatic carbocycles. The van der Waals surface area contributed by atoms with Gasteiger partial charge in [0.25, 0.3) is 0 Å². The van der Waals surface area contributed by atoms with Gasteiger partial charge in [0.2, 0.25) is 0 Å². The highest BCUT2D eigenvalue weighted by Gasteiger charge is 2.23. The minimum Gasteiger partial charge on any atom is -0.372 e. The molecule has 0 bridgehead atoms. The van der Waals surface area contributed by atoms with Gasteiger partial charge >= 0.3 is 0 Å². The third-order valence-corrected chi connectivity index (χ3v) is 4.01. The molecule has 0 aliphatic carbocycles. The van der Waals surface area contributed by atoms with Crippen LogP contribution < -0.4 is 5.32 Å². The van der Waals surface area contributed by atoms with Crippen molar-refractivity contribution in [1.29, 1.82) is 0 Å². The van der Waals surface area contributed by atoms with E-state index < -0.39 is 0 Å². The Morgan fingerprint density at radius 1 is 1.31 bits per heavy atom. The predicted octanol–water partition coefficient (Wildman–Crippen LogP) is 3.13. The third-order valence-electron chi connectivity index (χ3n) is 3.29. The van der Waals surface area contributed by atoms with E-state index in [9.17, 15) is 0 Å². The van der Waals surface area contributed by atoms with E-state index >= 15 is 0 Å². The molecule has 1 saturated heterocycles. The SMILES string of the molecule is CC1COC(c2ccccc2Br)CNC1C. The minimum atomic E-state index is 0.156. The molecule has 88 valence electrons. The van der Waals surface area contributed by atoms with Gasteiger partial charge in [0.05, 0.1) is 12.7 Å². The fraction of sp³-hybridized carbons (Fsp3) is 0.538. The zero-order valence-corrected chi connectivity index (χ0v) is 11.3. The zero-order chi connectivity index (χ0) is 11.5. The largest absolute Gasteiger partial charge is 0.372 e. The summed E-state index contributed by atoms with van der Waals surface area (Å²) in [4.78, 5) is 0. The molecular weight excluding hydrogens is 266 g/mol. The summed E-state index contributed by atoms with van der Waals surface area (Å²) < 4.78 is 7.09. The molecule has 1 aliphatic rings. The first-order valence-electron chi connectivity index (χ1n) is 5.78. The van der Waals surface area contributed by atoms with Gasteiger partial charge in [-0.15, -0.1) is 0 Å². The summed E-state index contributed by atoms with van der Waals surface area (Å²) >= 11 is 3.58. The zero-order valence-electron chi connectivity index (χ0n) is 9.74. The molecule has 3 atom stereocenters. The Morgan fingerprint density at radius 3 is 2.81 bits per heavy atom. The van der Waals surface area contributed by atoms with Gasteiger partial charge in [-0.05, 0) is 24.5 Å². The number of rotatable bonds is 1. The lowest BCUT2D eigenvalue weighted by Crippen LogP contribution is -2.32. The first-order chi connectivity index (χ1) is 7.68. The molecule has 0 radical (unpaired) electrons. The maximum Gasteiger partial charge on any atom is 0.0960 e. The summed E-state index contributed by atoms with van der Waals surface area (Å²) in [5.74, 6) is 0.562. The van der Waals surface area contributed by atoms with Crippen LogP contribution >= 0.6 is 15.9 Å². The lowest BCUT2D eigenvalue weighted by Gasteiger charge is -2.17. The highest BCUT2D eigenvalue weighted by Crippen LogP contribution is 2.27. The van der Waals surface area contributed by atoms with Gasteiger partial charge in [0.15, 0.2) is 0 Å². The molecule has 2 nitrogen and oxygen atoms in total. The number of nitrogens with one attached hydrogen (secondary N) is 1. The van der Waals surface area contributed by atoms with Crippen LogP contribution in [0.25, 0.3) is 0 Å². The van der Waals surface area contributed by atoms with E-state index in [0.717, 1.165) is 17.6 Å². The van der Waals surface area contributed by atoms with E-state index in [1.165, 1.54) is 5.56 Å². The van der Waals surface area contributed by atoms with Gasteiger partial charge in [-0.3, -0.25) is 0 Å². The van der Waals surface area contributed by atoms with Crippen molar-refractivity contribution in [3.05, 3.63) is 34.3 Å². The number of benzene rings is 1. The van der Waals surface area contributed by atoms with Crippen LogP contribution in [0.4, 0.5) is 0 Å². The summed E-state index contributed by atoms with van der Waals surface area (Å²) in [5.41, 5.74) is 1.23. The molecular formula is C13H18BrNO. The Balaban J connectivity index is 2.14. The Bertz CT molecular complexity index is 344. The average Bonchev–Trinajstić information content (AvgIpc) is 2.44. The third kappa shape index (κ3) is 2.65. The van der Waals surface area contributed by atoms with Gasteiger partial charge in [-0.1, -0.05) is 41.1 Å². The van der Waals surface area contributed by atoms with Crippen LogP contribution in [0.5, 0.6) is 0 Å². The van der Waals surface area contributed by atoms with Gasteiger partial charge in [0, 0.05) is 17.1 Å². The fourth-order valence-electron chi connectivity index (χ4n) is 1.90. The molecule has 3 heteroatoms. The smallest absolute Gasteiger partial charge is 0.0960 e. The first kappa shape index (κ1) is 12.1. The van der Waals surface area contributed by atoms with E-state index in [1.54, 1.807) is 0 Å². The molecule has 1 N–H and O–H groups in total. The van der Waals surface area contributed by atoms with E-state index in [1.807, 2.05) is 6.07 Å². The van der Waals surface area contributed by atoms with Crippen molar-refractivity contribution in [2.75, 3.05) is 13.2 Å². The molecule has 0 amide bonds. The highest BCUT2D eigenvalue weighted by molar-refractivity contribution is 9.10. The second kappa shape index (κ2) is 5.30. The van der Waals surface area contributed by atoms with Gasteiger partial charge in [-0.2, -0.15) is 0 Å². The maximum atomic E-state index is 5.96. The van der Waals surface area contributed by atoms with E-state index in [4.69, 9.17) is 4.74 Å². The Hall–Kier alpha value is -0.380. The summed E-state index contributed by atoms with van der Waals surface area (Å²) in [7, 11) is 0. The standard InChI is InChI=1S/C13H18BrNO/c1-9-8-16-13(7-15-10(9)2)11-5-3-4-6-12(11)14/h3-6,9-10,13,15H,7-8H2,1-2H3. The number of hydrogen-bond donors (Lipinski definition) is 1. The van der Waals surface area contributed by atoms with Crippen molar-refractivity contribution >= 4 is 15.9 Å². The summed E-state index contributed by atoms with van der Waals surface area (Å²) in [5, 5.41) is 3.52. The van der Waals surface area contributed by atoms with Crippen LogP contribution in [0, 0.1) is 5.92 Å². The molecule has 1 heterocycles. The van der Waals surface area contributed by atoms with E-state index in [-0.39, 0.29) is 6.10 Å². The summed E-state index contributed by atoms with van der Waals surface area (Å²) in [6.45, 7) is 6.14. The summed E-state index contributed by atoms with van der Waals surface area (Å²) in [6.07, 6.45) is 0.156. The lowest BCUT2D eigenvalue weighted by atomic mass is 10.1. The van der Waals surface area contributed by atoms with Crippen LogP contribution in [-0.4, -0.2) is 19.2 Å². The Labute approximate surface area is 106 Å². The molecule has 1 aromatic rings. The molecule has 0 aromatic heterocycles. The molecule has 3 unspecified atom stereocenters. The van der Waals surface area contributed by atoms with Crippen LogP contribution in [0.15, 0.2) is 28.7 Å². The van der Waals surface area contributed by atoms with Crippen molar-refractivity contribution in [2.24, 2.45) is 5.92 Å². The van der Waals surface area contributed by atoms with Gasteiger partial charge in [-0.25, -0.2) is 0 Å². The molecule has 2 rings (SSSR count). The van der Waals surface area contributed by atoms with Crippen LogP contribution in [0.3, 0.4) is 0 Å². The summed E-state index contributed by atoms with van der Waals surface area (Å²) in [6, 6.07) is 8.80. The molecule has 1 aliphatic heterocycles. The second-order valence-electron chi connectivity index (χ2n) is 4.52. The predicted molar refractivity (Wildman–Crippen MR) is 69.5 cm³/mol. The fourth-order valence-corrected chi connectivity index (χ4v) is 2.44. The minimum absolute atomic E-state index is 0.156. The van der Waals surface area contributed by atoms with E-state index in [2.05, 4.69) is 53.3 Å². The monoisotopic (exact) mass is 283 g/mol. The first-order valence-corrected chi connectivity index (χ1v) is 6.57.